The highest BCUT2D eigenvalue weighted by Gasteiger charge is 2.40. The Hall–Kier alpha value is 0.320. The minimum Gasteiger partial charge on any atom is -0.385 e. The van der Waals surface area contributed by atoms with E-state index in [-0.39, 0.29) is 31.2 Å². The van der Waals surface area contributed by atoms with Crippen molar-refractivity contribution in [2.45, 2.75) is 50.7 Å². The van der Waals surface area contributed by atoms with E-state index in [4.69, 9.17) is 11.5 Å². The maximum absolute atomic E-state index is 13.1. The van der Waals surface area contributed by atoms with Gasteiger partial charge in [-0.1, -0.05) is 13.3 Å². The van der Waals surface area contributed by atoms with Gasteiger partial charge in [0.2, 0.25) is 0 Å². The van der Waals surface area contributed by atoms with Crippen LogP contribution in [0.5, 0.6) is 0 Å². The van der Waals surface area contributed by atoms with Gasteiger partial charge >= 0.3 is 0 Å². The van der Waals surface area contributed by atoms with Crippen molar-refractivity contribution >= 4 is 24.8 Å². The minimum atomic E-state index is -3.08. The first-order chi connectivity index (χ1) is 6.45. The van der Waals surface area contributed by atoms with Crippen LogP contribution in [0.25, 0.3) is 0 Å². The highest BCUT2D eigenvalue weighted by molar-refractivity contribution is 5.85. The minimum absolute atomic E-state index is 0. The number of rotatable bonds is 7. The first kappa shape index (κ1) is 21.6. The summed E-state index contributed by atoms with van der Waals surface area (Å²) in [6.07, 6.45) is -0.871. The average molecular weight is 283 g/mol. The standard InChI is InChI=1S/C9H20F2N2O.2ClH/c1-2-5-9(10,11)8(14)7(13)4-3-6-12;;/h7-8,14H,2-6,12-13H2,1H3;2*1H. The molecule has 0 fully saturated rings. The number of hydrogen-bond donors (Lipinski definition) is 3. The van der Waals surface area contributed by atoms with Crippen LogP contribution >= 0.6 is 24.8 Å². The van der Waals surface area contributed by atoms with E-state index in [2.05, 4.69) is 0 Å². The molecule has 0 spiro atoms. The second kappa shape index (κ2) is 10.5. The SMILES string of the molecule is CCCC(F)(F)C(O)C(N)CCCN.Cl.Cl. The molecule has 0 aromatic heterocycles. The summed E-state index contributed by atoms with van der Waals surface area (Å²) in [6, 6.07) is -0.889. The second-order valence-corrected chi connectivity index (χ2v) is 3.55. The zero-order valence-electron chi connectivity index (χ0n) is 9.36. The Morgan fingerprint density at radius 3 is 2.19 bits per heavy atom. The molecule has 0 aliphatic carbocycles. The molecule has 0 amide bonds. The summed E-state index contributed by atoms with van der Waals surface area (Å²) in [4.78, 5) is 0. The maximum Gasteiger partial charge on any atom is 0.274 e. The van der Waals surface area contributed by atoms with Crippen LogP contribution in [0.15, 0.2) is 0 Å². The molecule has 2 unspecified atom stereocenters. The van der Waals surface area contributed by atoms with Gasteiger partial charge in [0.25, 0.3) is 5.92 Å². The van der Waals surface area contributed by atoms with E-state index in [0.717, 1.165) is 0 Å². The topological polar surface area (TPSA) is 72.3 Å². The van der Waals surface area contributed by atoms with Gasteiger partial charge in [-0.25, -0.2) is 8.78 Å². The third-order valence-corrected chi connectivity index (χ3v) is 2.16. The average Bonchev–Trinajstić information content (AvgIpc) is 2.12. The molecule has 0 radical (unpaired) electrons. The number of hydrogen-bond acceptors (Lipinski definition) is 3. The van der Waals surface area contributed by atoms with E-state index >= 15 is 0 Å². The van der Waals surface area contributed by atoms with Crippen LogP contribution in [-0.4, -0.2) is 29.7 Å². The first-order valence-electron chi connectivity index (χ1n) is 4.97. The predicted octanol–water partition coefficient (Wildman–Crippen LogP) is 1.69. The molecule has 0 rings (SSSR count). The van der Waals surface area contributed by atoms with E-state index in [0.29, 0.717) is 25.8 Å². The zero-order valence-corrected chi connectivity index (χ0v) is 11.0. The Balaban J connectivity index is -0.000000845. The fourth-order valence-corrected chi connectivity index (χ4v) is 1.31. The number of alkyl halides is 2. The molecule has 102 valence electrons. The lowest BCUT2D eigenvalue weighted by atomic mass is 9.98. The van der Waals surface area contributed by atoms with Crippen LogP contribution in [0.4, 0.5) is 8.78 Å². The molecule has 0 bridgehead atoms. The number of aliphatic hydroxyl groups is 1. The van der Waals surface area contributed by atoms with Crippen molar-refractivity contribution in [1.29, 1.82) is 0 Å². The van der Waals surface area contributed by atoms with Crippen molar-refractivity contribution in [2.24, 2.45) is 11.5 Å². The van der Waals surface area contributed by atoms with Gasteiger partial charge in [0.15, 0.2) is 0 Å². The predicted molar refractivity (Wildman–Crippen MR) is 66.6 cm³/mol. The molecular weight excluding hydrogens is 261 g/mol. The normalized spacial score (nSPS) is 14.6. The van der Waals surface area contributed by atoms with Gasteiger partial charge in [-0.3, -0.25) is 0 Å². The lowest BCUT2D eigenvalue weighted by Gasteiger charge is -2.26. The highest BCUT2D eigenvalue weighted by atomic mass is 35.5. The summed E-state index contributed by atoms with van der Waals surface area (Å²) < 4.78 is 26.3. The van der Waals surface area contributed by atoms with Crippen molar-refractivity contribution < 1.29 is 13.9 Å². The lowest BCUT2D eigenvalue weighted by molar-refractivity contribution is -0.123. The highest BCUT2D eigenvalue weighted by Crippen LogP contribution is 2.27. The van der Waals surface area contributed by atoms with Gasteiger partial charge in [-0.15, -0.1) is 24.8 Å². The van der Waals surface area contributed by atoms with Crippen molar-refractivity contribution in [3.63, 3.8) is 0 Å². The molecule has 0 aromatic carbocycles. The molecule has 0 saturated carbocycles. The van der Waals surface area contributed by atoms with Crippen LogP contribution in [0.2, 0.25) is 0 Å². The zero-order chi connectivity index (χ0) is 11.2. The molecule has 0 saturated heterocycles. The lowest BCUT2D eigenvalue weighted by Crippen LogP contribution is -2.47. The van der Waals surface area contributed by atoms with Crippen molar-refractivity contribution in [3.8, 4) is 0 Å². The number of nitrogens with two attached hydrogens (primary N) is 2. The maximum atomic E-state index is 13.1. The van der Waals surface area contributed by atoms with Crippen LogP contribution < -0.4 is 11.5 Å². The third kappa shape index (κ3) is 7.57. The molecule has 0 aliphatic heterocycles. The molecule has 5 N–H and O–H groups in total. The Morgan fingerprint density at radius 2 is 1.81 bits per heavy atom. The molecule has 0 aliphatic rings. The third-order valence-electron chi connectivity index (χ3n) is 2.16. The van der Waals surface area contributed by atoms with E-state index < -0.39 is 18.1 Å². The van der Waals surface area contributed by atoms with Crippen molar-refractivity contribution in [1.82, 2.24) is 0 Å². The van der Waals surface area contributed by atoms with Gasteiger partial charge < -0.3 is 16.6 Å². The largest absolute Gasteiger partial charge is 0.385 e. The van der Waals surface area contributed by atoms with Crippen LogP contribution in [0.3, 0.4) is 0 Å². The summed E-state index contributed by atoms with van der Waals surface area (Å²) in [7, 11) is 0. The van der Waals surface area contributed by atoms with Gasteiger partial charge in [0.05, 0.1) is 0 Å². The van der Waals surface area contributed by atoms with Gasteiger partial charge in [0.1, 0.15) is 6.10 Å². The molecule has 16 heavy (non-hydrogen) atoms. The summed E-state index contributed by atoms with van der Waals surface area (Å²) in [5.41, 5.74) is 10.7. The Kier molecular flexibility index (Phi) is 14.1. The van der Waals surface area contributed by atoms with E-state index in [9.17, 15) is 13.9 Å². The summed E-state index contributed by atoms with van der Waals surface area (Å²) in [6.45, 7) is 2.05. The fourth-order valence-electron chi connectivity index (χ4n) is 1.31. The Labute approximate surface area is 108 Å². The molecule has 3 nitrogen and oxygen atoms in total. The van der Waals surface area contributed by atoms with E-state index in [1.54, 1.807) is 6.92 Å². The molecular formula is C9H22Cl2F2N2O. The van der Waals surface area contributed by atoms with Crippen molar-refractivity contribution in [2.75, 3.05) is 6.54 Å². The monoisotopic (exact) mass is 282 g/mol. The quantitative estimate of drug-likeness (QED) is 0.666. The van der Waals surface area contributed by atoms with Crippen LogP contribution in [0, 0.1) is 0 Å². The Bertz CT molecular complexity index is 164. The van der Waals surface area contributed by atoms with Gasteiger partial charge in [-0.05, 0) is 19.4 Å². The summed E-state index contributed by atoms with van der Waals surface area (Å²) >= 11 is 0. The van der Waals surface area contributed by atoms with E-state index in [1.807, 2.05) is 0 Å². The fraction of sp³-hybridized carbons (Fsp3) is 1.00. The van der Waals surface area contributed by atoms with Crippen LogP contribution in [0.1, 0.15) is 32.6 Å². The number of aliphatic hydroxyl groups excluding tert-OH is 1. The van der Waals surface area contributed by atoms with Gasteiger partial charge in [-0.2, -0.15) is 0 Å². The molecule has 2 atom stereocenters. The molecule has 0 aromatic rings. The van der Waals surface area contributed by atoms with E-state index in [1.165, 1.54) is 0 Å². The van der Waals surface area contributed by atoms with Crippen LogP contribution in [-0.2, 0) is 0 Å². The number of halogens is 4. The van der Waals surface area contributed by atoms with Gasteiger partial charge in [0, 0.05) is 12.5 Å². The molecule has 0 heterocycles. The first-order valence-corrected chi connectivity index (χ1v) is 4.97. The smallest absolute Gasteiger partial charge is 0.274 e. The Morgan fingerprint density at radius 1 is 1.31 bits per heavy atom. The summed E-state index contributed by atoms with van der Waals surface area (Å²) in [5, 5.41) is 9.29. The second-order valence-electron chi connectivity index (χ2n) is 3.55. The van der Waals surface area contributed by atoms with Crippen molar-refractivity contribution in [3.05, 3.63) is 0 Å². The molecule has 7 heteroatoms. The summed E-state index contributed by atoms with van der Waals surface area (Å²) in [5.74, 6) is -3.08.